The van der Waals surface area contributed by atoms with Gasteiger partial charge >= 0.3 is 0 Å². The number of aromatic nitrogens is 2. The van der Waals surface area contributed by atoms with Crippen molar-refractivity contribution in [3.05, 3.63) is 63.0 Å². The zero-order valence-electron chi connectivity index (χ0n) is 14.3. The van der Waals surface area contributed by atoms with Crippen LogP contribution in [0.2, 0.25) is 0 Å². The lowest BCUT2D eigenvalue weighted by atomic mass is 10.2. The first-order valence-corrected chi connectivity index (χ1v) is 9.83. The lowest BCUT2D eigenvalue weighted by molar-refractivity contribution is -0.115. The van der Waals surface area contributed by atoms with Crippen LogP contribution in [0.5, 0.6) is 0 Å². The van der Waals surface area contributed by atoms with E-state index in [0.29, 0.717) is 16.4 Å². The van der Waals surface area contributed by atoms with Gasteiger partial charge in [0.1, 0.15) is 0 Å². The van der Waals surface area contributed by atoms with Gasteiger partial charge < -0.3 is 5.32 Å². The van der Waals surface area contributed by atoms with Gasteiger partial charge in [0.05, 0.1) is 10.9 Å². The molecule has 7 heteroatoms. The summed E-state index contributed by atoms with van der Waals surface area (Å²) in [6.45, 7) is 5.73. The fourth-order valence-corrected chi connectivity index (χ4v) is 4.10. The maximum absolute atomic E-state index is 12.3. The first kappa shape index (κ1) is 17.7. The van der Waals surface area contributed by atoms with Gasteiger partial charge in [-0.15, -0.1) is 23.1 Å². The molecule has 25 heavy (non-hydrogen) atoms. The third kappa shape index (κ3) is 4.11. The molecule has 130 valence electrons. The van der Waals surface area contributed by atoms with Crippen molar-refractivity contribution in [1.29, 1.82) is 0 Å². The van der Waals surface area contributed by atoms with Gasteiger partial charge in [-0.05, 0) is 38.5 Å². The lowest BCUT2D eigenvalue weighted by Crippen LogP contribution is -2.23. The summed E-state index contributed by atoms with van der Waals surface area (Å²) in [5.41, 5.74) is 3.41. The maximum atomic E-state index is 12.3. The zero-order valence-corrected chi connectivity index (χ0v) is 15.9. The second kappa shape index (κ2) is 7.41. The lowest BCUT2D eigenvalue weighted by Gasteiger charge is -2.12. The summed E-state index contributed by atoms with van der Waals surface area (Å²) in [5, 5.41) is 4.59. The fourth-order valence-electron chi connectivity index (χ4n) is 2.43. The number of rotatable bonds is 5. The van der Waals surface area contributed by atoms with Crippen LogP contribution in [0.15, 0.2) is 40.5 Å². The number of fused-ring (bicyclic) bond motifs is 1. The van der Waals surface area contributed by atoms with Crippen molar-refractivity contribution in [3.63, 3.8) is 0 Å². The van der Waals surface area contributed by atoms with E-state index in [2.05, 4.69) is 10.3 Å². The van der Waals surface area contributed by atoms with Crippen LogP contribution < -0.4 is 10.9 Å². The smallest absolute Gasteiger partial charge is 0.258 e. The SMILES string of the molecule is Cc1cccc(NC(=O)C(C)SCc2cc(=O)n3c(C)csc3n2)c1. The number of nitrogens with one attached hydrogen (secondary N) is 1. The number of aryl methyl sites for hydroxylation is 2. The summed E-state index contributed by atoms with van der Waals surface area (Å²) in [5.74, 6) is 0.464. The molecule has 0 aliphatic rings. The first-order valence-electron chi connectivity index (χ1n) is 7.90. The van der Waals surface area contributed by atoms with Crippen molar-refractivity contribution in [2.45, 2.75) is 31.8 Å². The van der Waals surface area contributed by atoms with E-state index in [1.165, 1.54) is 23.1 Å². The number of hydrogen-bond acceptors (Lipinski definition) is 5. The summed E-state index contributed by atoms with van der Waals surface area (Å²) in [7, 11) is 0. The number of carbonyl (C=O) groups excluding carboxylic acids is 1. The predicted molar refractivity (Wildman–Crippen MR) is 105 cm³/mol. The van der Waals surface area contributed by atoms with Gasteiger partial charge in [0.2, 0.25) is 5.91 Å². The number of amides is 1. The molecule has 1 N–H and O–H groups in total. The Morgan fingerprint density at radius 3 is 2.92 bits per heavy atom. The molecule has 1 amide bonds. The van der Waals surface area contributed by atoms with E-state index in [4.69, 9.17) is 0 Å². The first-order chi connectivity index (χ1) is 11.9. The molecule has 0 aliphatic carbocycles. The van der Waals surface area contributed by atoms with Crippen LogP contribution in [0.1, 0.15) is 23.9 Å². The van der Waals surface area contributed by atoms with E-state index in [9.17, 15) is 9.59 Å². The van der Waals surface area contributed by atoms with Crippen LogP contribution in [0.3, 0.4) is 0 Å². The summed E-state index contributed by atoms with van der Waals surface area (Å²) >= 11 is 2.92. The average molecular weight is 374 g/mol. The van der Waals surface area contributed by atoms with E-state index >= 15 is 0 Å². The molecule has 0 aliphatic heterocycles. The molecular formula is C18H19N3O2S2. The van der Waals surface area contributed by atoms with Crippen LogP contribution in [0.4, 0.5) is 5.69 Å². The number of anilines is 1. The highest BCUT2D eigenvalue weighted by atomic mass is 32.2. The molecule has 0 saturated heterocycles. The van der Waals surface area contributed by atoms with E-state index in [1.54, 1.807) is 10.5 Å². The molecule has 0 radical (unpaired) electrons. The number of nitrogens with zero attached hydrogens (tertiary/aromatic N) is 2. The molecule has 0 fully saturated rings. The molecule has 1 atom stereocenters. The summed E-state index contributed by atoms with van der Waals surface area (Å²) in [4.78, 5) is 29.7. The van der Waals surface area contributed by atoms with Gasteiger partial charge in [-0.3, -0.25) is 14.0 Å². The maximum Gasteiger partial charge on any atom is 0.258 e. The van der Waals surface area contributed by atoms with Crippen LogP contribution >= 0.6 is 23.1 Å². The molecule has 2 aromatic heterocycles. The van der Waals surface area contributed by atoms with Crippen molar-refractivity contribution in [3.8, 4) is 0 Å². The standard InChI is InChI=1S/C18H19N3O2S2/c1-11-5-4-6-14(7-11)19-17(23)13(3)24-10-15-8-16(22)21-12(2)9-25-18(21)20-15/h4-9,13H,10H2,1-3H3,(H,19,23). The van der Waals surface area contributed by atoms with E-state index < -0.39 is 0 Å². The highest BCUT2D eigenvalue weighted by molar-refractivity contribution is 7.99. The number of thioether (sulfide) groups is 1. The molecule has 1 unspecified atom stereocenters. The molecule has 3 aromatic rings. The van der Waals surface area contributed by atoms with Crippen molar-refractivity contribution in [1.82, 2.24) is 9.38 Å². The average Bonchev–Trinajstić information content (AvgIpc) is 2.94. The molecule has 0 spiro atoms. The number of hydrogen-bond donors (Lipinski definition) is 1. The number of thiazole rings is 1. The van der Waals surface area contributed by atoms with Gasteiger partial charge in [-0.2, -0.15) is 0 Å². The molecule has 0 saturated carbocycles. The third-order valence-electron chi connectivity index (χ3n) is 3.76. The Bertz CT molecular complexity index is 978. The quantitative estimate of drug-likeness (QED) is 0.742. The Kier molecular flexibility index (Phi) is 5.24. The minimum Gasteiger partial charge on any atom is -0.325 e. The Morgan fingerprint density at radius 1 is 1.36 bits per heavy atom. The second-order valence-corrected chi connectivity index (χ2v) is 8.06. The van der Waals surface area contributed by atoms with Crippen LogP contribution in [-0.2, 0) is 10.5 Å². The third-order valence-corrected chi connectivity index (χ3v) is 5.88. The molecule has 1 aromatic carbocycles. The second-order valence-electron chi connectivity index (χ2n) is 5.89. The van der Waals surface area contributed by atoms with Crippen LogP contribution in [0, 0.1) is 13.8 Å². The minimum absolute atomic E-state index is 0.0552. The monoisotopic (exact) mass is 373 g/mol. The highest BCUT2D eigenvalue weighted by Gasteiger charge is 2.15. The molecule has 2 heterocycles. The van der Waals surface area contributed by atoms with E-state index in [0.717, 1.165) is 16.9 Å². The Hall–Kier alpha value is -2.12. The molecule has 3 rings (SSSR count). The summed E-state index contributed by atoms with van der Waals surface area (Å²) < 4.78 is 1.60. The number of carbonyl (C=O) groups is 1. The molecular weight excluding hydrogens is 354 g/mol. The van der Waals surface area contributed by atoms with Crippen molar-refractivity contribution >= 4 is 39.7 Å². The predicted octanol–water partition coefficient (Wildman–Crippen LogP) is 3.63. The minimum atomic E-state index is -0.245. The van der Waals surface area contributed by atoms with Crippen LogP contribution in [-0.4, -0.2) is 20.5 Å². The summed E-state index contributed by atoms with van der Waals surface area (Å²) in [6.07, 6.45) is 0. The van der Waals surface area contributed by atoms with E-state index in [-0.39, 0.29) is 16.7 Å². The van der Waals surface area contributed by atoms with Gasteiger partial charge in [-0.1, -0.05) is 12.1 Å². The number of benzene rings is 1. The summed E-state index contributed by atoms with van der Waals surface area (Å²) in [6, 6.07) is 9.26. The Labute approximate surface area is 154 Å². The largest absolute Gasteiger partial charge is 0.325 e. The normalized spacial score (nSPS) is 12.3. The molecule has 5 nitrogen and oxygen atoms in total. The van der Waals surface area contributed by atoms with E-state index in [1.807, 2.05) is 50.4 Å². The van der Waals surface area contributed by atoms with Crippen molar-refractivity contribution < 1.29 is 4.79 Å². The van der Waals surface area contributed by atoms with Gasteiger partial charge in [0.15, 0.2) is 4.96 Å². The van der Waals surface area contributed by atoms with Crippen molar-refractivity contribution in [2.24, 2.45) is 0 Å². The fraction of sp³-hybridized carbons (Fsp3) is 0.278. The van der Waals surface area contributed by atoms with Gasteiger partial charge in [0.25, 0.3) is 5.56 Å². The van der Waals surface area contributed by atoms with Crippen LogP contribution in [0.25, 0.3) is 4.96 Å². The van der Waals surface area contributed by atoms with Gasteiger partial charge in [0, 0.05) is 28.6 Å². The van der Waals surface area contributed by atoms with Gasteiger partial charge in [-0.25, -0.2) is 4.98 Å². The highest BCUT2D eigenvalue weighted by Crippen LogP contribution is 2.20. The topological polar surface area (TPSA) is 63.5 Å². The zero-order chi connectivity index (χ0) is 18.0. The Morgan fingerprint density at radius 2 is 2.16 bits per heavy atom. The Balaban J connectivity index is 1.64. The molecule has 0 bridgehead atoms. The van der Waals surface area contributed by atoms with Crippen molar-refractivity contribution in [2.75, 3.05) is 5.32 Å².